The molecule has 0 spiro atoms. The maximum Gasteiger partial charge on any atom is 0.338 e. The van der Waals surface area contributed by atoms with Crippen molar-refractivity contribution in [3.63, 3.8) is 0 Å². The Balaban J connectivity index is 1.47. The number of allylic oxidation sites excluding steroid dienone is 1. The summed E-state index contributed by atoms with van der Waals surface area (Å²) in [5.74, 6) is 0.148. The van der Waals surface area contributed by atoms with Crippen LogP contribution in [0.2, 0.25) is 0 Å². The molecule has 0 aliphatic carbocycles. The number of carbonyl (C=O) groups is 2. The highest BCUT2D eigenvalue weighted by Crippen LogP contribution is 2.35. The van der Waals surface area contributed by atoms with E-state index in [4.69, 9.17) is 13.9 Å². The van der Waals surface area contributed by atoms with Crippen molar-refractivity contribution in [1.29, 1.82) is 0 Å². The summed E-state index contributed by atoms with van der Waals surface area (Å²) in [6, 6.07) is 23.5. The number of thiazole rings is 1. The highest BCUT2D eigenvalue weighted by Gasteiger charge is 2.34. The first-order valence-corrected chi connectivity index (χ1v) is 14.2. The Hall–Kier alpha value is -5.02. The van der Waals surface area contributed by atoms with Gasteiger partial charge in [0.15, 0.2) is 4.80 Å². The van der Waals surface area contributed by atoms with E-state index in [0.29, 0.717) is 37.7 Å². The van der Waals surface area contributed by atoms with Crippen LogP contribution in [0.3, 0.4) is 0 Å². The normalized spacial score (nSPS) is 14.9. The second-order valence-electron chi connectivity index (χ2n) is 9.64. The average Bonchev–Trinajstić information content (AvgIpc) is 3.60. The lowest BCUT2D eigenvalue weighted by molar-refractivity contribution is -0.139. The highest BCUT2D eigenvalue weighted by molar-refractivity contribution is 7.07. The molecule has 0 N–H and O–H groups in total. The van der Waals surface area contributed by atoms with Crippen molar-refractivity contribution in [3.05, 3.63) is 127 Å². The Kier molecular flexibility index (Phi) is 7.18. The van der Waals surface area contributed by atoms with Gasteiger partial charge in [0, 0.05) is 11.6 Å². The minimum absolute atomic E-state index is 0.203. The van der Waals surface area contributed by atoms with Crippen molar-refractivity contribution >= 4 is 40.1 Å². The second kappa shape index (κ2) is 11.1. The fourth-order valence-corrected chi connectivity index (χ4v) is 6.20. The summed E-state index contributed by atoms with van der Waals surface area (Å²) in [4.78, 5) is 44.2. The molecule has 0 amide bonds. The lowest BCUT2D eigenvalue weighted by Gasteiger charge is -2.25. The van der Waals surface area contributed by atoms with Crippen LogP contribution >= 0.6 is 11.3 Å². The summed E-state index contributed by atoms with van der Waals surface area (Å²) in [6.45, 7) is 3.72. The molecular weight excluding hydrogens is 552 g/mol. The quantitative estimate of drug-likeness (QED) is 0.263. The molecule has 0 saturated heterocycles. The minimum atomic E-state index is -0.714. The number of rotatable bonds is 6. The fourth-order valence-electron chi connectivity index (χ4n) is 5.18. The van der Waals surface area contributed by atoms with E-state index in [0.717, 1.165) is 21.9 Å². The molecule has 2 aromatic heterocycles. The largest absolute Gasteiger partial charge is 0.465 e. The van der Waals surface area contributed by atoms with E-state index in [-0.39, 0.29) is 12.2 Å². The number of benzene rings is 3. The highest BCUT2D eigenvalue weighted by atomic mass is 32.1. The van der Waals surface area contributed by atoms with Gasteiger partial charge in [-0.3, -0.25) is 9.36 Å². The zero-order chi connectivity index (χ0) is 29.4. The molecule has 0 fully saturated rings. The number of ether oxygens (including phenoxy) is 2. The third kappa shape index (κ3) is 4.77. The summed E-state index contributed by atoms with van der Waals surface area (Å²) in [6.07, 6.45) is 1.68. The Morgan fingerprint density at radius 1 is 1.00 bits per heavy atom. The Morgan fingerprint density at radius 3 is 2.52 bits per heavy atom. The zero-order valence-electron chi connectivity index (χ0n) is 23.1. The summed E-state index contributed by atoms with van der Waals surface area (Å²) >= 11 is 1.23. The van der Waals surface area contributed by atoms with Crippen molar-refractivity contribution in [2.45, 2.75) is 19.9 Å². The molecule has 6 rings (SSSR count). The van der Waals surface area contributed by atoms with Gasteiger partial charge in [-0.05, 0) is 54.4 Å². The topological polar surface area (TPSA) is 100 Å². The molecule has 9 heteroatoms. The molecule has 3 aromatic carbocycles. The lowest BCUT2D eigenvalue weighted by atomic mass is 9.91. The van der Waals surface area contributed by atoms with Gasteiger partial charge in [-0.1, -0.05) is 65.9 Å². The predicted octanol–water partition coefficient (Wildman–Crippen LogP) is 5.00. The van der Waals surface area contributed by atoms with Crippen LogP contribution in [0, 0.1) is 0 Å². The van der Waals surface area contributed by atoms with Gasteiger partial charge < -0.3 is 13.9 Å². The maximum absolute atomic E-state index is 14.0. The molecular formula is C33H26N2O6S. The standard InChI is InChI=1S/C33H26N2O6S/c1-4-40-32(38)28-19(2)34-33-35(29(28)25-11-7-9-20-8-5-6-10-24(20)25)30(36)27(42-33)18-23-16-17-26(41-23)21-12-14-22(15-13-21)31(37)39-3/h5-18,29H,4H2,1-3H3/b27-18-/t29-/m0/s1. The summed E-state index contributed by atoms with van der Waals surface area (Å²) < 4.78 is 18.2. The molecule has 0 saturated carbocycles. The van der Waals surface area contributed by atoms with E-state index in [1.54, 1.807) is 60.9 Å². The number of carbonyl (C=O) groups excluding carboxylic acids is 2. The minimum Gasteiger partial charge on any atom is -0.465 e. The predicted molar refractivity (Wildman–Crippen MR) is 160 cm³/mol. The maximum atomic E-state index is 14.0. The van der Waals surface area contributed by atoms with Crippen LogP contribution in [0.25, 0.3) is 28.2 Å². The SMILES string of the molecule is CCOC(=O)C1=C(C)N=c2s/c(=C\c3ccc(-c4ccc(C(=O)OC)cc4)o3)c(=O)n2[C@H]1c1cccc2ccccc12. The Labute approximate surface area is 244 Å². The molecule has 42 heavy (non-hydrogen) atoms. The van der Waals surface area contributed by atoms with Crippen molar-refractivity contribution in [2.24, 2.45) is 4.99 Å². The van der Waals surface area contributed by atoms with Crippen molar-refractivity contribution < 1.29 is 23.5 Å². The Morgan fingerprint density at radius 2 is 1.76 bits per heavy atom. The number of esters is 2. The van der Waals surface area contributed by atoms with E-state index in [9.17, 15) is 14.4 Å². The monoisotopic (exact) mass is 578 g/mol. The molecule has 0 unspecified atom stereocenters. The average molecular weight is 579 g/mol. The molecule has 3 heterocycles. The first-order chi connectivity index (χ1) is 20.4. The molecule has 5 aromatic rings. The molecule has 210 valence electrons. The van der Waals surface area contributed by atoms with Gasteiger partial charge in [-0.25, -0.2) is 14.6 Å². The van der Waals surface area contributed by atoms with Crippen LogP contribution in [-0.4, -0.2) is 30.2 Å². The van der Waals surface area contributed by atoms with Crippen molar-refractivity contribution in [2.75, 3.05) is 13.7 Å². The molecule has 8 nitrogen and oxygen atoms in total. The fraction of sp³-hybridized carbons (Fsp3) is 0.152. The summed E-state index contributed by atoms with van der Waals surface area (Å²) in [5, 5.41) is 1.93. The number of nitrogens with zero attached hydrogens (tertiary/aromatic N) is 2. The second-order valence-corrected chi connectivity index (χ2v) is 10.7. The number of furan rings is 1. The van der Waals surface area contributed by atoms with E-state index >= 15 is 0 Å². The number of aromatic nitrogens is 1. The first-order valence-electron chi connectivity index (χ1n) is 13.4. The molecule has 1 aliphatic heterocycles. The molecule has 1 atom stereocenters. The van der Waals surface area contributed by atoms with Crippen LogP contribution in [0.4, 0.5) is 0 Å². The third-order valence-electron chi connectivity index (χ3n) is 7.13. The van der Waals surface area contributed by atoms with E-state index in [2.05, 4.69) is 4.99 Å². The smallest absolute Gasteiger partial charge is 0.338 e. The number of hydrogen-bond donors (Lipinski definition) is 0. The summed E-state index contributed by atoms with van der Waals surface area (Å²) in [5.41, 5.74) is 2.58. The van der Waals surface area contributed by atoms with Gasteiger partial charge in [-0.15, -0.1) is 0 Å². The number of hydrogen-bond acceptors (Lipinski definition) is 8. The number of fused-ring (bicyclic) bond motifs is 2. The van der Waals surface area contributed by atoms with Crippen LogP contribution in [0.15, 0.2) is 104 Å². The van der Waals surface area contributed by atoms with E-state index in [1.165, 1.54) is 18.4 Å². The van der Waals surface area contributed by atoms with Gasteiger partial charge >= 0.3 is 11.9 Å². The van der Waals surface area contributed by atoms with Crippen LogP contribution in [0.1, 0.15) is 41.6 Å². The zero-order valence-corrected chi connectivity index (χ0v) is 23.9. The summed E-state index contributed by atoms with van der Waals surface area (Å²) in [7, 11) is 1.34. The van der Waals surface area contributed by atoms with Gasteiger partial charge in [0.1, 0.15) is 11.5 Å². The van der Waals surface area contributed by atoms with Crippen molar-refractivity contribution in [3.8, 4) is 11.3 Å². The third-order valence-corrected chi connectivity index (χ3v) is 8.11. The Bertz CT molecular complexity index is 2060. The molecule has 0 radical (unpaired) electrons. The van der Waals surface area contributed by atoms with Crippen LogP contribution < -0.4 is 14.9 Å². The van der Waals surface area contributed by atoms with Crippen LogP contribution in [0.5, 0.6) is 0 Å². The van der Waals surface area contributed by atoms with Gasteiger partial charge in [0.25, 0.3) is 5.56 Å². The molecule has 1 aliphatic rings. The van der Waals surface area contributed by atoms with Gasteiger partial charge in [0.05, 0.1) is 41.1 Å². The van der Waals surface area contributed by atoms with Crippen LogP contribution in [-0.2, 0) is 14.3 Å². The first kappa shape index (κ1) is 27.2. The van der Waals surface area contributed by atoms with Crippen molar-refractivity contribution in [1.82, 2.24) is 4.57 Å². The number of methoxy groups -OCH3 is 1. The van der Waals surface area contributed by atoms with E-state index < -0.39 is 18.0 Å². The molecule has 0 bridgehead atoms. The van der Waals surface area contributed by atoms with E-state index in [1.807, 2.05) is 42.5 Å². The van der Waals surface area contributed by atoms with Gasteiger partial charge in [0.2, 0.25) is 0 Å². The van der Waals surface area contributed by atoms with Gasteiger partial charge in [-0.2, -0.15) is 0 Å². The lowest BCUT2D eigenvalue weighted by Crippen LogP contribution is -2.40.